The first kappa shape index (κ1) is 25.4. The SMILES string of the molecule is c1ccc(-c2nc3cc(-c4cc(-c5cccnc5)cc(-c5cccnc5)c4)ccc3c3c2ccc2c4ccccc4oc23)cc1. The molecule has 0 atom stereocenters. The van der Waals surface area contributed by atoms with Gasteiger partial charge in [0, 0.05) is 68.4 Å². The van der Waals surface area contributed by atoms with Crippen molar-refractivity contribution in [2.45, 2.75) is 0 Å². The molecule has 4 nitrogen and oxygen atoms in total. The Morgan fingerprint density at radius 1 is 0.422 bits per heavy atom. The molecule has 210 valence electrons. The predicted octanol–water partition coefficient (Wildman–Crippen LogP) is 10.7. The van der Waals surface area contributed by atoms with Crippen LogP contribution in [0.25, 0.3) is 88.3 Å². The van der Waals surface area contributed by atoms with Gasteiger partial charge in [0.25, 0.3) is 0 Å². The molecule has 4 heteroatoms. The van der Waals surface area contributed by atoms with Gasteiger partial charge >= 0.3 is 0 Å². The molecule has 0 N–H and O–H groups in total. The first-order valence-electron chi connectivity index (χ1n) is 15.0. The van der Waals surface area contributed by atoms with E-state index in [0.29, 0.717) is 0 Å². The van der Waals surface area contributed by atoms with Crippen LogP contribution in [-0.4, -0.2) is 15.0 Å². The Hall–Kier alpha value is -6.13. The van der Waals surface area contributed by atoms with Crippen LogP contribution >= 0.6 is 0 Å². The number of hydrogen-bond acceptors (Lipinski definition) is 4. The number of aromatic nitrogens is 3. The highest BCUT2D eigenvalue weighted by Crippen LogP contribution is 2.42. The maximum atomic E-state index is 6.57. The Morgan fingerprint density at radius 3 is 1.76 bits per heavy atom. The average molecular weight is 576 g/mol. The summed E-state index contributed by atoms with van der Waals surface area (Å²) in [6.45, 7) is 0. The van der Waals surface area contributed by atoms with E-state index in [0.717, 1.165) is 88.3 Å². The van der Waals surface area contributed by atoms with Crippen molar-refractivity contribution in [3.63, 3.8) is 0 Å². The third-order valence-corrected chi connectivity index (χ3v) is 8.60. The summed E-state index contributed by atoms with van der Waals surface area (Å²) in [4.78, 5) is 14.1. The summed E-state index contributed by atoms with van der Waals surface area (Å²) in [6, 6.07) is 44.4. The van der Waals surface area contributed by atoms with Crippen LogP contribution < -0.4 is 0 Å². The van der Waals surface area contributed by atoms with Gasteiger partial charge in [-0.25, -0.2) is 4.98 Å². The first-order valence-corrected chi connectivity index (χ1v) is 15.0. The largest absolute Gasteiger partial charge is 0.455 e. The Labute approximate surface area is 259 Å². The van der Waals surface area contributed by atoms with E-state index >= 15 is 0 Å². The van der Waals surface area contributed by atoms with Crippen LogP contribution in [0, 0.1) is 0 Å². The highest BCUT2D eigenvalue weighted by molar-refractivity contribution is 6.24. The minimum absolute atomic E-state index is 0.887. The number of rotatable bonds is 4. The fourth-order valence-corrected chi connectivity index (χ4v) is 6.46. The van der Waals surface area contributed by atoms with Crippen LogP contribution in [0.4, 0.5) is 0 Å². The van der Waals surface area contributed by atoms with Gasteiger partial charge in [-0.05, 0) is 70.8 Å². The Balaban J connectivity index is 1.33. The summed E-state index contributed by atoms with van der Waals surface area (Å²) in [6.07, 6.45) is 7.42. The standard InChI is InChI=1S/C41H25N3O/c1-2-8-26(9-3-1)40-36-17-16-34-33-12-4-5-13-38(33)45-41(34)39(36)35-15-14-27(23-37(35)44-40)30-20-31(28-10-6-18-42-24-28)22-32(21-30)29-11-7-19-43-25-29/h1-25H. The van der Waals surface area contributed by atoms with Gasteiger partial charge in [0.15, 0.2) is 0 Å². The molecule has 0 radical (unpaired) electrons. The molecule has 0 saturated heterocycles. The Kier molecular flexibility index (Phi) is 5.78. The van der Waals surface area contributed by atoms with Crippen molar-refractivity contribution in [2.75, 3.05) is 0 Å². The van der Waals surface area contributed by atoms with Crippen molar-refractivity contribution in [3.8, 4) is 44.6 Å². The van der Waals surface area contributed by atoms with Gasteiger partial charge in [-0.1, -0.05) is 78.9 Å². The number of benzene rings is 5. The molecule has 0 bridgehead atoms. The number of para-hydroxylation sites is 1. The monoisotopic (exact) mass is 575 g/mol. The van der Waals surface area contributed by atoms with Crippen LogP contribution in [0.15, 0.2) is 157 Å². The maximum Gasteiger partial charge on any atom is 0.144 e. The molecule has 0 aliphatic heterocycles. The summed E-state index contributed by atoms with van der Waals surface area (Å²) < 4.78 is 6.57. The summed E-state index contributed by atoms with van der Waals surface area (Å²) >= 11 is 0. The van der Waals surface area contributed by atoms with Crippen molar-refractivity contribution in [1.29, 1.82) is 0 Å². The quantitative estimate of drug-likeness (QED) is 0.196. The van der Waals surface area contributed by atoms with E-state index in [1.54, 1.807) is 12.4 Å². The van der Waals surface area contributed by atoms with Gasteiger partial charge in [-0.2, -0.15) is 0 Å². The molecule has 45 heavy (non-hydrogen) atoms. The minimum Gasteiger partial charge on any atom is -0.455 e. The lowest BCUT2D eigenvalue weighted by molar-refractivity contribution is 0.673. The lowest BCUT2D eigenvalue weighted by Gasteiger charge is -2.14. The van der Waals surface area contributed by atoms with Crippen LogP contribution in [0.5, 0.6) is 0 Å². The molecule has 0 aliphatic rings. The molecular weight excluding hydrogens is 550 g/mol. The van der Waals surface area contributed by atoms with Crippen molar-refractivity contribution >= 4 is 43.6 Å². The summed E-state index contributed by atoms with van der Waals surface area (Å²) in [7, 11) is 0. The van der Waals surface area contributed by atoms with Gasteiger partial charge in [0.2, 0.25) is 0 Å². The van der Waals surface area contributed by atoms with E-state index in [2.05, 4.69) is 107 Å². The second-order valence-electron chi connectivity index (χ2n) is 11.3. The molecule has 0 spiro atoms. The van der Waals surface area contributed by atoms with Crippen LogP contribution in [0.3, 0.4) is 0 Å². The lowest BCUT2D eigenvalue weighted by atomic mass is 9.93. The van der Waals surface area contributed by atoms with Crippen molar-refractivity contribution in [1.82, 2.24) is 15.0 Å². The lowest BCUT2D eigenvalue weighted by Crippen LogP contribution is -1.92. The second kappa shape index (κ2) is 10.2. The number of pyridine rings is 3. The zero-order chi connectivity index (χ0) is 29.7. The minimum atomic E-state index is 0.887. The summed E-state index contributed by atoms with van der Waals surface area (Å²) in [5, 5.41) is 5.45. The van der Waals surface area contributed by atoms with Crippen molar-refractivity contribution in [3.05, 3.63) is 152 Å². The number of nitrogens with zero attached hydrogens (tertiary/aromatic N) is 3. The number of furan rings is 1. The highest BCUT2D eigenvalue weighted by Gasteiger charge is 2.18. The van der Waals surface area contributed by atoms with E-state index in [9.17, 15) is 0 Å². The van der Waals surface area contributed by atoms with E-state index in [4.69, 9.17) is 9.40 Å². The van der Waals surface area contributed by atoms with Crippen LogP contribution in [-0.2, 0) is 0 Å². The zero-order valence-electron chi connectivity index (χ0n) is 24.2. The van der Waals surface area contributed by atoms with Gasteiger partial charge < -0.3 is 4.42 Å². The molecule has 0 fully saturated rings. The molecule has 0 amide bonds. The number of fused-ring (bicyclic) bond motifs is 7. The topological polar surface area (TPSA) is 51.8 Å². The fraction of sp³-hybridized carbons (Fsp3) is 0. The second-order valence-corrected chi connectivity index (χ2v) is 11.3. The molecule has 0 saturated carbocycles. The molecule has 0 aliphatic carbocycles. The fourth-order valence-electron chi connectivity index (χ4n) is 6.46. The Morgan fingerprint density at radius 2 is 1.04 bits per heavy atom. The van der Waals surface area contributed by atoms with Gasteiger partial charge in [-0.3, -0.25) is 9.97 Å². The molecule has 5 aromatic carbocycles. The first-order chi connectivity index (χ1) is 22.3. The highest BCUT2D eigenvalue weighted by atomic mass is 16.3. The molecular formula is C41H25N3O. The normalized spacial score (nSPS) is 11.6. The van der Waals surface area contributed by atoms with Crippen LogP contribution in [0.2, 0.25) is 0 Å². The molecule has 9 aromatic rings. The third-order valence-electron chi connectivity index (χ3n) is 8.60. The molecule has 4 heterocycles. The van der Waals surface area contributed by atoms with Crippen molar-refractivity contribution < 1.29 is 4.42 Å². The van der Waals surface area contributed by atoms with Gasteiger partial charge in [-0.15, -0.1) is 0 Å². The maximum absolute atomic E-state index is 6.57. The van der Waals surface area contributed by atoms with E-state index in [1.165, 1.54) is 0 Å². The van der Waals surface area contributed by atoms with Crippen LogP contribution in [0.1, 0.15) is 0 Å². The van der Waals surface area contributed by atoms with E-state index in [-0.39, 0.29) is 0 Å². The zero-order valence-corrected chi connectivity index (χ0v) is 24.2. The average Bonchev–Trinajstić information content (AvgIpc) is 3.51. The molecule has 4 aromatic heterocycles. The molecule has 9 rings (SSSR count). The number of hydrogen-bond donors (Lipinski definition) is 0. The smallest absolute Gasteiger partial charge is 0.144 e. The van der Waals surface area contributed by atoms with Gasteiger partial charge in [0.05, 0.1) is 11.2 Å². The van der Waals surface area contributed by atoms with E-state index in [1.807, 2.05) is 42.7 Å². The van der Waals surface area contributed by atoms with E-state index < -0.39 is 0 Å². The van der Waals surface area contributed by atoms with Gasteiger partial charge in [0.1, 0.15) is 11.2 Å². The predicted molar refractivity (Wildman–Crippen MR) is 184 cm³/mol. The summed E-state index contributed by atoms with van der Waals surface area (Å²) in [5.41, 5.74) is 11.2. The Bertz CT molecular complexity index is 2460. The third kappa shape index (κ3) is 4.27. The summed E-state index contributed by atoms with van der Waals surface area (Å²) in [5.74, 6) is 0. The van der Waals surface area contributed by atoms with Crippen molar-refractivity contribution in [2.24, 2.45) is 0 Å². The molecule has 0 unspecified atom stereocenters.